The number of nitrogens with one attached hydrogen (secondary N) is 2. The van der Waals surface area contributed by atoms with E-state index < -0.39 is 0 Å². The van der Waals surface area contributed by atoms with Crippen LogP contribution in [0.15, 0.2) is 30.5 Å². The number of benzene rings is 1. The van der Waals surface area contributed by atoms with E-state index in [2.05, 4.69) is 46.7 Å². The van der Waals surface area contributed by atoms with Crippen molar-refractivity contribution in [1.82, 2.24) is 15.5 Å². The second kappa shape index (κ2) is 4.94. The molecule has 0 radical (unpaired) electrons. The molecule has 1 aromatic heterocycles. The molecule has 1 saturated heterocycles. The Labute approximate surface area is 108 Å². The van der Waals surface area contributed by atoms with E-state index in [4.69, 9.17) is 0 Å². The summed E-state index contributed by atoms with van der Waals surface area (Å²) in [7, 11) is 0. The van der Waals surface area contributed by atoms with Gasteiger partial charge in [0.1, 0.15) is 0 Å². The van der Waals surface area contributed by atoms with Crippen molar-refractivity contribution in [2.24, 2.45) is 0 Å². The van der Waals surface area contributed by atoms with Gasteiger partial charge in [-0.05, 0) is 37.4 Å². The molecule has 94 valence electrons. The normalized spacial score (nSPS) is 19.9. The molecule has 3 rings (SSSR count). The molecule has 0 amide bonds. The van der Waals surface area contributed by atoms with E-state index in [-0.39, 0.29) is 0 Å². The SMILES string of the molecule is Cc1ccccc1-c1cn[nH]c1C1CCCNC1. The number of hydrogen-bond acceptors (Lipinski definition) is 2. The van der Waals surface area contributed by atoms with Crippen molar-refractivity contribution in [2.75, 3.05) is 13.1 Å². The van der Waals surface area contributed by atoms with Gasteiger partial charge in [0.15, 0.2) is 0 Å². The summed E-state index contributed by atoms with van der Waals surface area (Å²) >= 11 is 0. The summed E-state index contributed by atoms with van der Waals surface area (Å²) in [6, 6.07) is 8.52. The number of hydrogen-bond donors (Lipinski definition) is 2. The van der Waals surface area contributed by atoms with E-state index in [1.54, 1.807) is 0 Å². The molecule has 1 fully saturated rings. The quantitative estimate of drug-likeness (QED) is 0.848. The molecular weight excluding hydrogens is 222 g/mol. The van der Waals surface area contributed by atoms with Gasteiger partial charge < -0.3 is 5.32 Å². The highest BCUT2D eigenvalue weighted by atomic mass is 15.1. The lowest BCUT2D eigenvalue weighted by Crippen LogP contribution is -2.28. The van der Waals surface area contributed by atoms with Crippen LogP contribution in [0, 0.1) is 6.92 Å². The van der Waals surface area contributed by atoms with Gasteiger partial charge in [0, 0.05) is 23.7 Å². The minimum Gasteiger partial charge on any atom is -0.316 e. The van der Waals surface area contributed by atoms with E-state index in [9.17, 15) is 0 Å². The van der Waals surface area contributed by atoms with Crippen LogP contribution in [0.5, 0.6) is 0 Å². The number of aromatic amines is 1. The Kier molecular flexibility index (Phi) is 3.15. The van der Waals surface area contributed by atoms with Crippen molar-refractivity contribution in [3.8, 4) is 11.1 Å². The lowest BCUT2D eigenvalue weighted by atomic mass is 9.90. The molecule has 1 unspecified atom stereocenters. The highest BCUT2D eigenvalue weighted by Crippen LogP contribution is 2.32. The van der Waals surface area contributed by atoms with Crippen molar-refractivity contribution in [3.63, 3.8) is 0 Å². The fourth-order valence-corrected chi connectivity index (χ4v) is 2.80. The molecule has 1 aromatic carbocycles. The largest absolute Gasteiger partial charge is 0.316 e. The van der Waals surface area contributed by atoms with Crippen LogP contribution in [0.25, 0.3) is 11.1 Å². The first kappa shape index (κ1) is 11.5. The van der Waals surface area contributed by atoms with Crippen molar-refractivity contribution in [3.05, 3.63) is 41.7 Å². The molecule has 0 aliphatic carbocycles. The summed E-state index contributed by atoms with van der Waals surface area (Å²) in [6.07, 6.45) is 4.46. The summed E-state index contributed by atoms with van der Waals surface area (Å²) in [5.74, 6) is 0.566. The molecule has 0 bridgehead atoms. The molecule has 3 heteroatoms. The number of nitrogens with zero attached hydrogens (tertiary/aromatic N) is 1. The summed E-state index contributed by atoms with van der Waals surface area (Å²) in [5.41, 5.74) is 5.16. The van der Waals surface area contributed by atoms with Crippen LogP contribution >= 0.6 is 0 Å². The number of rotatable bonds is 2. The van der Waals surface area contributed by atoms with Gasteiger partial charge in [0.05, 0.1) is 6.20 Å². The van der Waals surface area contributed by atoms with E-state index in [0.717, 1.165) is 13.1 Å². The lowest BCUT2D eigenvalue weighted by molar-refractivity contribution is 0.455. The molecule has 0 spiro atoms. The Morgan fingerprint density at radius 1 is 1.22 bits per heavy atom. The monoisotopic (exact) mass is 241 g/mol. The van der Waals surface area contributed by atoms with Crippen LogP contribution in [-0.2, 0) is 0 Å². The lowest BCUT2D eigenvalue weighted by Gasteiger charge is -2.23. The van der Waals surface area contributed by atoms with Gasteiger partial charge in [-0.25, -0.2) is 0 Å². The Morgan fingerprint density at radius 3 is 2.89 bits per heavy atom. The smallest absolute Gasteiger partial charge is 0.0568 e. The first-order valence-electron chi connectivity index (χ1n) is 6.66. The zero-order chi connectivity index (χ0) is 12.4. The second-order valence-corrected chi connectivity index (χ2v) is 5.06. The van der Waals surface area contributed by atoms with Crippen molar-refractivity contribution in [1.29, 1.82) is 0 Å². The molecule has 2 aromatic rings. The minimum atomic E-state index is 0.566. The third-order valence-corrected chi connectivity index (χ3v) is 3.81. The Hall–Kier alpha value is -1.61. The molecule has 2 N–H and O–H groups in total. The summed E-state index contributed by atoms with van der Waals surface area (Å²) in [6.45, 7) is 4.36. The van der Waals surface area contributed by atoms with E-state index in [1.165, 1.54) is 35.2 Å². The fraction of sp³-hybridized carbons (Fsp3) is 0.400. The third-order valence-electron chi connectivity index (χ3n) is 3.81. The highest BCUT2D eigenvalue weighted by Gasteiger charge is 2.21. The topological polar surface area (TPSA) is 40.7 Å². The first-order valence-corrected chi connectivity index (χ1v) is 6.66. The fourth-order valence-electron chi connectivity index (χ4n) is 2.80. The summed E-state index contributed by atoms with van der Waals surface area (Å²) < 4.78 is 0. The molecular formula is C15H19N3. The van der Waals surface area contributed by atoms with Gasteiger partial charge >= 0.3 is 0 Å². The number of H-pyrrole nitrogens is 1. The molecule has 2 heterocycles. The molecule has 1 atom stereocenters. The van der Waals surface area contributed by atoms with Gasteiger partial charge in [0.2, 0.25) is 0 Å². The molecule has 3 nitrogen and oxygen atoms in total. The number of aryl methyl sites for hydroxylation is 1. The van der Waals surface area contributed by atoms with Gasteiger partial charge in [-0.2, -0.15) is 5.10 Å². The van der Waals surface area contributed by atoms with Gasteiger partial charge in [0.25, 0.3) is 0 Å². The molecule has 0 saturated carbocycles. The molecule has 1 aliphatic heterocycles. The predicted octanol–water partition coefficient (Wildman–Crippen LogP) is 2.85. The van der Waals surface area contributed by atoms with Crippen LogP contribution in [0.4, 0.5) is 0 Å². The molecule has 1 aliphatic rings. The van der Waals surface area contributed by atoms with Crippen LogP contribution in [0.1, 0.15) is 30.0 Å². The van der Waals surface area contributed by atoms with Crippen LogP contribution < -0.4 is 5.32 Å². The Bertz CT molecular complexity index is 524. The minimum absolute atomic E-state index is 0.566. The van der Waals surface area contributed by atoms with Crippen molar-refractivity contribution >= 4 is 0 Å². The van der Waals surface area contributed by atoms with Crippen LogP contribution in [-0.4, -0.2) is 23.3 Å². The predicted molar refractivity (Wildman–Crippen MR) is 73.6 cm³/mol. The maximum Gasteiger partial charge on any atom is 0.0568 e. The second-order valence-electron chi connectivity index (χ2n) is 5.06. The Balaban J connectivity index is 1.98. The van der Waals surface area contributed by atoms with Crippen LogP contribution in [0.3, 0.4) is 0 Å². The van der Waals surface area contributed by atoms with Crippen molar-refractivity contribution < 1.29 is 0 Å². The zero-order valence-electron chi connectivity index (χ0n) is 10.7. The standard InChI is InChI=1S/C15H19N3/c1-11-5-2-3-7-13(11)14-10-17-18-15(14)12-6-4-8-16-9-12/h2-3,5,7,10,12,16H,4,6,8-9H2,1H3,(H,17,18). The molecule has 18 heavy (non-hydrogen) atoms. The number of piperidine rings is 1. The van der Waals surface area contributed by atoms with Crippen LogP contribution in [0.2, 0.25) is 0 Å². The number of aromatic nitrogens is 2. The average molecular weight is 241 g/mol. The highest BCUT2D eigenvalue weighted by molar-refractivity contribution is 5.69. The first-order chi connectivity index (χ1) is 8.86. The van der Waals surface area contributed by atoms with Gasteiger partial charge in [-0.15, -0.1) is 0 Å². The third kappa shape index (κ3) is 2.06. The average Bonchev–Trinajstić information content (AvgIpc) is 2.89. The summed E-state index contributed by atoms with van der Waals surface area (Å²) in [4.78, 5) is 0. The van der Waals surface area contributed by atoms with E-state index in [0.29, 0.717) is 5.92 Å². The zero-order valence-corrected chi connectivity index (χ0v) is 10.7. The van der Waals surface area contributed by atoms with E-state index in [1.807, 2.05) is 6.20 Å². The van der Waals surface area contributed by atoms with Crippen molar-refractivity contribution in [2.45, 2.75) is 25.7 Å². The van der Waals surface area contributed by atoms with E-state index >= 15 is 0 Å². The maximum absolute atomic E-state index is 4.26. The van der Waals surface area contributed by atoms with Gasteiger partial charge in [-0.3, -0.25) is 5.10 Å². The van der Waals surface area contributed by atoms with Gasteiger partial charge in [-0.1, -0.05) is 24.3 Å². The Morgan fingerprint density at radius 2 is 2.11 bits per heavy atom. The maximum atomic E-state index is 4.26. The summed E-state index contributed by atoms with van der Waals surface area (Å²) in [5, 5.41) is 10.9.